The molecule has 78 valence electrons. The first-order chi connectivity index (χ1) is 6.20. The summed E-state index contributed by atoms with van der Waals surface area (Å²) >= 11 is 0. The third-order valence-electron chi connectivity index (χ3n) is 1.86. The number of ether oxygens (including phenoxy) is 2. The maximum absolute atomic E-state index is 10.8. The standard InChI is InChI=1S/C10H20O3/c1-4-10(11)13-8-9(2)6-5-7-12-3/h9H,4-8H2,1-3H3. The fourth-order valence-corrected chi connectivity index (χ4v) is 0.997. The number of carbonyl (C=O) groups excluding carboxylic acids is 1. The van der Waals surface area contributed by atoms with Gasteiger partial charge in [0.05, 0.1) is 6.61 Å². The molecule has 3 heteroatoms. The molecule has 0 amide bonds. The third-order valence-corrected chi connectivity index (χ3v) is 1.86. The van der Waals surface area contributed by atoms with Crippen LogP contribution in [0, 0.1) is 5.92 Å². The molecule has 1 unspecified atom stereocenters. The van der Waals surface area contributed by atoms with Gasteiger partial charge in [-0.1, -0.05) is 13.8 Å². The van der Waals surface area contributed by atoms with E-state index in [0.717, 1.165) is 19.4 Å². The van der Waals surface area contributed by atoms with Crippen LogP contribution in [0.1, 0.15) is 33.1 Å². The van der Waals surface area contributed by atoms with Crippen molar-refractivity contribution >= 4 is 5.97 Å². The van der Waals surface area contributed by atoms with Gasteiger partial charge in [0.25, 0.3) is 0 Å². The Hall–Kier alpha value is -0.570. The smallest absolute Gasteiger partial charge is 0.305 e. The van der Waals surface area contributed by atoms with E-state index < -0.39 is 0 Å². The predicted molar refractivity (Wildman–Crippen MR) is 51.5 cm³/mol. The van der Waals surface area contributed by atoms with Crippen molar-refractivity contribution in [2.75, 3.05) is 20.3 Å². The van der Waals surface area contributed by atoms with Crippen LogP contribution in [-0.4, -0.2) is 26.3 Å². The zero-order valence-corrected chi connectivity index (χ0v) is 8.84. The van der Waals surface area contributed by atoms with Gasteiger partial charge in [0.1, 0.15) is 0 Å². The quantitative estimate of drug-likeness (QED) is 0.453. The fourth-order valence-electron chi connectivity index (χ4n) is 0.997. The van der Waals surface area contributed by atoms with Crippen LogP contribution in [-0.2, 0) is 14.3 Å². The van der Waals surface area contributed by atoms with Crippen LogP contribution in [0.3, 0.4) is 0 Å². The summed E-state index contributed by atoms with van der Waals surface area (Å²) in [5.74, 6) is 0.323. The molecule has 0 spiro atoms. The van der Waals surface area contributed by atoms with Crippen LogP contribution in [0.4, 0.5) is 0 Å². The molecule has 0 bridgehead atoms. The summed E-state index contributed by atoms with van der Waals surface area (Å²) in [7, 11) is 1.70. The monoisotopic (exact) mass is 188 g/mol. The molecule has 0 fully saturated rings. The largest absolute Gasteiger partial charge is 0.465 e. The maximum Gasteiger partial charge on any atom is 0.305 e. The molecular formula is C10H20O3. The molecule has 0 aromatic rings. The summed E-state index contributed by atoms with van der Waals surface area (Å²) in [6.45, 7) is 5.21. The van der Waals surface area contributed by atoms with E-state index in [0.29, 0.717) is 18.9 Å². The molecule has 0 radical (unpaired) electrons. The van der Waals surface area contributed by atoms with Gasteiger partial charge in [-0.3, -0.25) is 4.79 Å². The summed E-state index contributed by atoms with van der Waals surface area (Å²) in [5, 5.41) is 0. The van der Waals surface area contributed by atoms with Crippen molar-refractivity contribution in [2.24, 2.45) is 5.92 Å². The molecule has 0 saturated carbocycles. The number of rotatable bonds is 7. The molecule has 0 aromatic carbocycles. The lowest BCUT2D eigenvalue weighted by atomic mass is 10.1. The molecule has 0 aromatic heterocycles. The minimum Gasteiger partial charge on any atom is -0.465 e. The molecule has 3 nitrogen and oxygen atoms in total. The van der Waals surface area contributed by atoms with Gasteiger partial charge in [-0.25, -0.2) is 0 Å². The number of hydrogen-bond donors (Lipinski definition) is 0. The van der Waals surface area contributed by atoms with Crippen LogP contribution in [0.25, 0.3) is 0 Å². The lowest BCUT2D eigenvalue weighted by molar-refractivity contribution is -0.144. The fraction of sp³-hybridized carbons (Fsp3) is 0.900. The molecule has 0 saturated heterocycles. The summed E-state index contributed by atoms with van der Waals surface area (Å²) in [6, 6.07) is 0. The van der Waals surface area contributed by atoms with Gasteiger partial charge in [-0.2, -0.15) is 0 Å². The molecule has 13 heavy (non-hydrogen) atoms. The third kappa shape index (κ3) is 7.78. The van der Waals surface area contributed by atoms with Crippen molar-refractivity contribution < 1.29 is 14.3 Å². The average Bonchev–Trinajstić information content (AvgIpc) is 2.14. The molecule has 1 atom stereocenters. The Morgan fingerprint density at radius 2 is 2.15 bits per heavy atom. The van der Waals surface area contributed by atoms with Gasteiger partial charge in [-0.15, -0.1) is 0 Å². The van der Waals surface area contributed by atoms with E-state index in [4.69, 9.17) is 9.47 Å². The van der Waals surface area contributed by atoms with E-state index in [1.54, 1.807) is 14.0 Å². The second-order valence-corrected chi connectivity index (χ2v) is 3.28. The van der Waals surface area contributed by atoms with E-state index in [2.05, 4.69) is 6.92 Å². The van der Waals surface area contributed by atoms with Crippen LogP contribution < -0.4 is 0 Å². The van der Waals surface area contributed by atoms with Crippen molar-refractivity contribution in [1.82, 2.24) is 0 Å². The highest BCUT2D eigenvalue weighted by Gasteiger charge is 2.05. The highest BCUT2D eigenvalue weighted by atomic mass is 16.5. The molecular weight excluding hydrogens is 168 g/mol. The van der Waals surface area contributed by atoms with Gasteiger partial charge in [0.2, 0.25) is 0 Å². The highest BCUT2D eigenvalue weighted by molar-refractivity contribution is 5.68. The second kappa shape index (κ2) is 8.05. The predicted octanol–water partition coefficient (Wildman–Crippen LogP) is 2.00. The Bertz CT molecular complexity index is 134. The first-order valence-corrected chi connectivity index (χ1v) is 4.85. The minimum absolute atomic E-state index is 0.112. The molecule has 0 aliphatic carbocycles. The van der Waals surface area contributed by atoms with Gasteiger partial charge in [0.15, 0.2) is 0 Å². The first kappa shape index (κ1) is 12.4. The van der Waals surface area contributed by atoms with Crippen molar-refractivity contribution in [1.29, 1.82) is 0 Å². The Morgan fingerprint density at radius 1 is 1.46 bits per heavy atom. The van der Waals surface area contributed by atoms with E-state index >= 15 is 0 Å². The van der Waals surface area contributed by atoms with Crippen molar-refractivity contribution in [3.8, 4) is 0 Å². The number of hydrogen-bond acceptors (Lipinski definition) is 3. The van der Waals surface area contributed by atoms with Crippen LogP contribution in [0.5, 0.6) is 0 Å². The topological polar surface area (TPSA) is 35.5 Å². The summed E-state index contributed by atoms with van der Waals surface area (Å²) in [6.07, 6.45) is 2.54. The normalized spacial score (nSPS) is 12.5. The lowest BCUT2D eigenvalue weighted by Gasteiger charge is -2.10. The van der Waals surface area contributed by atoms with Crippen LogP contribution in [0.15, 0.2) is 0 Å². The number of carbonyl (C=O) groups is 1. The van der Waals surface area contributed by atoms with Crippen LogP contribution >= 0.6 is 0 Å². The summed E-state index contributed by atoms with van der Waals surface area (Å²) in [4.78, 5) is 10.8. The van der Waals surface area contributed by atoms with E-state index in [1.165, 1.54) is 0 Å². The highest BCUT2D eigenvalue weighted by Crippen LogP contribution is 2.06. The number of esters is 1. The first-order valence-electron chi connectivity index (χ1n) is 4.85. The molecule has 0 aliphatic rings. The minimum atomic E-state index is -0.112. The molecule has 0 N–H and O–H groups in total. The molecule has 0 rings (SSSR count). The maximum atomic E-state index is 10.8. The van der Waals surface area contributed by atoms with Crippen molar-refractivity contribution in [3.05, 3.63) is 0 Å². The lowest BCUT2D eigenvalue weighted by Crippen LogP contribution is -2.11. The molecule has 0 heterocycles. The zero-order valence-electron chi connectivity index (χ0n) is 8.84. The second-order valence-electron chi connectivity index (χ2n) is 3.28. The van der Waals surface area contributed by atoms with Gasteiger partial charge in [-0.05, 0) is 18.8 Å². The summed E-state index contributed by atoms with van der Waals surface area (Å²) < 4.78 is 9.94. The Balaban J connectivity index is 3.29. The average molecular weight is 188 g/mol. The molecule has 0 aliphatic heterocycles. The summed E-state index contributed by atoms with van der Waals surface area (Å²) in [5.41, 5.74) is 0. The van der Waals surface area contributed by atoms with Gasteiger partial charge >= 0.3 is 5.97 Å². The Morgan fingerprint density at radius 3 is 2.69 bits per heavy atom. The zero-order chi connectivity index (χ0) is 10.1. The van der Waals surface area contributed by atoms with Crippen LogP contribution in [0.2, 0.25) is 0 Å². The Kier molecular flexibility index (Phi) is 7.69. The van der Waals surface area contributed by atoms with E-state index in [9.17, 15) is 4.79 Å². The Labute approximate surface area is 80.4 Å². The SMILES string of the molecule is CCC(=O)OCC(C)CCCOC. The number of methoxy groups -OCH3 is 1. The van der Waals surface area contributed by atoms with Crippen molar-refractivity contribution in [3.63, 3.8) is 0 Å². The van der Waals surface area contributed by atoms with Gasteiger partial charge in [0, 0.05) is 20.1 Å². The van der Waals surface area contributed by atoms with Crippen molar-refractivity contribution in [2.45, 2.75) is 33.1 Å². The van der Waals surface area contributed by atoms with E-state index in [-0.39, 0.29) is 5.97 Å². The van der Waals surface area contributed by atoms with Gasteiger partial charge < -0.3 is 9.47 Å². The van der Waals surface area contributed by atoms with E-state index in [1.807, 2.05) is 0 Å².